The fraction of sp³-hybridized carbons (Fsp3) is 0.375. The number of nitrogens with one attached hydrogen (secondary N) is 2. The monoisotopic (exact) mass is 495 g/mol. The van der Waals surface area contributed by atoms with E-state index in [0.717, 1.165) is 32.9 Å². The molecule has 0 radical (unpaired) electrons. The van der Waals surface area contributed by atoms with Crippen LogP contribution in [0.15, 0.2) is 21.4 Å². The molecular formula is C16H18BrN9O5. The van der Waals surface area contributed by atoms with Gasteiger partial charge in [0.1, 0.15) is 25.5 Å². The summed E-state index contributed by atoms with van der Waals surface area (Å²) < 4.78 is 8.70. The van der Waals surface area contributed by atoms with Crippen LogP contribution in [0.4, 0.5) is 5.69 Å². The summed E-state index contributed by atoms with van der Waals surface area (Å²) in [5.41, 5.74) is 1.52. The lowest BCUT2D eigenvalue weighted by atomic mass is 10.4. The maximum Gasteiger partial charge on any atom is 0.316 e. The molecular weight excluding hydrogens is 478 g/mol. The largest absolute Gasteiger partial charge is 0.353 e. The Morgan fingerprint density at radius 2 is 2.03 bits per heavy atom. The predicted molar refractivity (Wildman–Crippen MR) is 107 cm³/mol. The Hall–Kier alpha value is -3.62. The Kier molecular flexibility index (Phi) is 6.74. The van der Waals surface area contributed by atoms with Crippen LogP contribution in [0.1, 0.15) is 27.9 Å². The van der Waals surface area contributed by atoms with Gasteiger partial charge in [-0.1, -0.05) is 5.16 Å². The molecule has 0 bridgehead atoms. The number of carbonyl (C=O) groups is 2. The summed E-state index contributed by atoms with van der Waals surface area (Å²) in [4.78, 5) is 38.0. The number of aromatic nitrogens is 6. The SMILES string of the molecule is Cc1nn(Cc2noc(C(=O)NCCNC(=O)Cn3cc([N+](=O)[O-])cn3)n2)c(C)c1Br. The minimum Gasteiger partial charge on any atom is -0.353 e. The molecule has 0 saturated heterocycles. The summed E-state index contributed by atoms with van der Waals surface area (Å²) in [6.07, 6.45) is 2.21. The van der Waals surface area contributed by atoms with E-state index in [2.05, 4.69) is 46.9 Å². The molecule has 0 fully saturated rings. The van der Waals surface area contributed by atoms with Gasteiger partial charge >= 0.3 is 17.5 Å². The van der Waals surface area contributed by atoms with Crippen molar-refractivity contribution in [3.8, 4) is 0 Å². The summed E-state index contributed by atoms with van der Waals surface area (Å²) >= 11 is 3.44. The number of hydrogen-bond donors (Lipinski definition) is 2. The van der Waals surface area contributed by atoms with Gasteiger partial charge in [0.15, 0.2) is 5.82 Å². The zero-order valence-corrected chi connectivity index (χ0v) is 18.1. The molecule has 3 heterocycles. The highest BCUT2D eigenvalue weighted by atomic mass is 79.9. The Morgan fingerprint density at radius 3 is 2.68 bits per heavy atom. The fourth-order valence-corrected chi connectivity index (χ4v) is 2.85. The van der Waals surface area contributed by atoms with E-state index in [1.807, 2.05) is 13.8 Å². The van der Waals surface area contributed by atoms with Crippen molar-refractivity contribution < 1.29 is 19.0 Å². The van der Waals surface area contributed by atoms with Crippen molar-refractivity contribution in [2.24, 2.45) is 0 Å². The quantitative estimate of drug-likeness (QED) is 0.240. The summed E-state index contributed by atoms with van der Waals surface area (Å²) in [5, 5.41) is 27.6. The molecule has 0 aliphatic heterocycles. The van der Waals surface area contributed by atoms with Crippen LogP contribution in [0.3, 0.4) is 0 Å². The second-order valence-corrected chi connectivity index (χ2v) is 7.21. The van der Waals surface area contributed by atoms with Gasteiger partial charge in [-0.25, -0.2) is 0 Å². The van der Waals surface area contributed by atoms with E-state index in [0.29, 0.717) is 5.82 Å². The average Bonchev–Trinajstić information content (AvgIpc) is 3.43. The lowest BCUT2D eigenvalue weighted by molar-refractivity contribution is -0.385. The lowest BCUT2D eigenvalue weighted by Gasteiger charge is -2.05. The molecule has 0 saturated carbocycles. The molecule has 31 heavy (non-hydrogen) atoms. The molecule has 3 rings (SSSR count). The molecule has 3 aromatic rings. The molecule has 0 unspecified atom stereocenters. The number of carbonyl (C=O) groups excluding carboxylic acids is 2. The summed E-state index contributed by atoms with van der Waals surface area (Å²) in [6, 6.07) is 0. The van der Waals surface area contributed by atoms with Crippen LogP contribution < -0.4 is 10.6 Å². The molecule has 164 valence electrons. The summed E-state index contributed by atoms with van der Waals surface area (Å²) in [7, 11) is 0. The van der Waals surface area contributed by atoms with Gasteiger partial charge in [0.05, 0.1) is 20.8 Å². The number of amides is 2. The van der Waals surface area contributed by atoms with Gasteiger partial charge in [0, 0.05) is 13.1 Å². The standard InChI is InChI=1S/C16H18BrN9O5/c1-9-14(17)10(2)25(22-9)7-12-21-16(31-23-12)15(28)19-4-3-18-13(27)8-24-6-11(5-20-24)26(29)30/h5-6H,3-4,7-8H2,1-2H3,(H,18,27)(H,19,28). The van der Waals surface area contributed by atoms with Crippen molar-refractivity contribution in [3.05, 3.63) is 50.1 Å². The van der Waals surface area contributed by atoms with Gasteiger partial charge in [-0.2, -0.15) is 15.2 Å². The Morgan fingerprint density at radius 1 is 1.29 bits per heavy atom. The van der Waals surface area contributed by atoms with Gasteiger partial charge in [0.2, 0.25) is 5.91 Å². The van der Waals surface area contributed by atoms with E-state index in [1.54, 1.807) is 4.68 Å². The first kappa shape index (κ1) is 22.1. The first-order chi connectivity index (χ1) is 14.7. The summed E-state index contributed by atoms with van der Waals surface area (Å²) in [6.45, 7) is 4.06. The molecule has 2 N–H and O–H groups in total. The third-order valence-electron chi connectivity index (χ3n) is 4.12. The smallest absolute Gasteiger partial charge is 0.316 e. The van der Waals surface area contributed by atoms with Gasteiger partial charge in [-0.05, 0) is 29.8 Å². The maximum absolute atomic E-state index is 12.1. The third kappa shape index (κ3) is 5.50. The third-order valence-corrected chi connectivity index (χ3v) is 5.26. The van der Waals surface area contributed by atoms with E-state index in [-0.39, 0.29) is 37.8 Å². The average molecular weight is 496 g/mol. The van der Waals surface area contributed by atoms with Crippen molar-refractivity contribution in [2.45, 2.75) is 26.9 Å². The van der Waals surface area contributed by atoms with E-state index in [1.165, 1.54) is 0 Å². The fourth-order valence-electron chi connectivity index (χ4n) is 2.56. The summed E-state index contributed by atoms with van der Waals surface area (Å²) in [5.74, 6) is -0.899. The molecule has 14 nitrogen and oxygen atoms in total. The predicted octanol–water partition coefficient (Wildman–Crippen LogP) is 0.345. The van der Waals surface area contributed by atoms with Crippen LogP contribution in [0, 0.1) is 24.0 Å². The highest BCUT2D eigenvalue weighted by Gasteiger charge is 2.17. The number of nitro groups is 1. The Bertz CT molecular complexity index is 1120. The van der Waals surface area contributed by atoms with E-state index >= 15 is 0 Å². The second kappa shape index (κ2) is 9.46. The number of halogens is 1. The minimum atomic E-state index is -0.601. The number of aryl methyl sites for hydroxylation is 1. The molecule has 0 aromatic carbocycles. The van der Waals surface area contributed by atoms with Crippen molar-refractivity contribution in [1.82, 2.24) is 40.3 Å². The van der Waals surface area contributed by atoms with Crippen molar-refractivity contribution in [3.63, 3.8) is 0 Å². The van der Waals surface area contributed by atoms with Crippen LogP contribution in [0.5, 0.6) is 0 Å². The molecule has 2 amide bonds. The van der Waals surface area contributed by atoms with Crippen LogP contribution in [0.2, 0.25) is 0 Å². The number of nitrogens with zero attached hydrogens (tertiary/aromatic N) is 7. The number of rotatable bonds is 9. The molecule has 0 atom stereocenters. The first-order valence-electron chi connectivity index (χ1n) is 8.98. The van der Waals surface area contributed by atoms with Gasteiger partial charge in [0.25, 0.3) is 0 Å². The number of hydrogen-bond acceptors (Lipinski definition) is 9. The zero-order valence-electron chi connectivity index (χ0n) is 16.5. The lowest BCUT2D eigenvalue weighted by Crippen LogP contribution is -2.36. The van der Waals surface area contributed by atoms with E-state index < -0.39 is 16.7 Å². The molecule has 3 aromatic heterocycles. The van der Waals surface area contributed by atoms with Gasteiger partial charge in [-0.3, -0.25) is 29.1 Å². The maximum atomic E-state index is 12.1. The van der Waals surface area contributed by atoms with Crippen molar-refractivity contribution >= 4 is 33.4 Å². The van der Waals surface area contributed by atoms with Crippen LogP contribution in [0.25, 0.3) is 0 Å². The van der Waals surface area contributed by atoms with Crippen molar-refractivity contribution in [2.75, 3.05) is 13.1 Å². The van der Waals surface area contributed by atoms with Crippen LogP contribution in [-0.4, -0.2) is 59.5 Å². The van der Waals surface area contributed by atoms with Crippen LogP contribution in [-0.2, 0) is 17.9 Å². The Balaban J connectivity index is 1.42. The zero-order chi connectivity index (χ0) is 22.5. The van der Waals surface area contributed by atoms with E-state index in [4.69, 9.17) is 4.52 Å². The highest BCUT2D eigenvalue weighted by Crippen LogP contribution is 2.20. The molecule has 15 heteroatoms. The molecule has 0 aliphatic rings. The van der Waals surface area contributed by atoms with Gasteiger partial charge < -0.3 is 15.2 Å². The normalized spacial score (nSPS) is 10.8. The van der Waals surface area contributed by atoms with Crippen molar-refractivity contribution in [1.29, 1.82) is 0 Å². The Labute approximate surface area is 183 Å². The first-order valence-corrected chi connectivity index (χ1v) is 9.77. The second-order valence-electron chi connectivity index (χ2n) is 6.42. The topological polar surface area (TPSA) is 176 Å². The molecule has 0 aliphatic carbocycles. The molecule has 0 spiro atoms. The minimum absolute atomic E-state index is 0.117. The van der Waals surface area contributed by atoms with Crippen LogP contribution >= 0.6 is 15.9 Å². The van der Waals surface area contributed by atoms with E-state index in [9.17, 15) is 19.7 Å². The highest BCUT2D eigenvalue weighted by molar-refractivity contribution is 9.10. The van der Waals surface area contributed by atoms with Gasteiger partial charge in [-0.15, -0.1) is 0 Å².